The van der Waals surface area contributed by atoms with Gasteiger partial charge in [-0.05, 0) is 24.5 Å². The molecular formula is C15H19N3O3. The summed E-state index contributed by atoms with van der Waals surface area (Å²) in [5.74, 6) is -0.579. The van der Waals surface area contributed by atoms with Crippen LogP contribution in [-0.2, 0) is 0 Å². The van der Waals surface area contributed by atoms with E-state index in [1.807, 2.05) is 12.1 Å². The third kappa shape index (κ3) is 3.66. The maximum atomic E-state index is 11.1. The molecule has 0 aliphatic heterocycles. The van der Waals surface area contributed by atoms with Gasteiger partial charge < -0.3 is 15.5 Å². The van der Waals surface area contributed by atoms with Crippen LogP contribution in [0.1, 0.15) is 30.9 Å². The molecule has 0 spiro atoms. The molecule has 0 aliphatic carbocycles. The van der Waals surface area contributed by atoms with E-state index in [0.29, 0.717) is 17.3 Å². The Hall–Kier alpha value is -2.21. The number of anilines is 1. The number of rotatable bonds is 6. The first-order chi connectivity index (χ1) is 10.0. The van der Waals surface area contributed by atoms with Crippen molar-refractivity contribution in [3.05, 3.63) is 30.1 Å². The number of hydrogen-bond acceptors (Lipinski definition) is 5. The molecule has 1 aromatic carbocycles. The Labute approximate surface area is 122 Å². The van der Waals surface area contributed by atoms with Crippen LogP contribution < -0.4 is 5.32 Å². The number of benzene rings is 1. The highest BCUT2D eigenvalue weighted by molar-refractivity contribution is 5.93. The molecule has 3 N–H and O–H groups in total. The Morgan fingerprint density at radius 1 is 1.29 bits per heavy atom. The Morgan fingerprint density at radius 2 is 2.00 bits per heavy atom. The highest BCUT2D eigenvalue weighted by Crippen LogP contribution is 2.22. The minimum atomic E-state index is -1.17. The van der Waals surface area contributed by atoms with Crippen LogP contribution >= 0.6 is 0 Å². The molecule has 112 valence electrons. The zero-order valence-corrected chi connectivity index (χ0v) is 12.1. The fourth-order valence-electron chi connectivity index (χ4n) is 2.22. The highest BCUT2D eigenvalue weighted by Gasteiger charge is 2.16. The van der Waals surface area contributed by atoms with Crippen LogP contribution in [0.5, 0.6) is 0 Å². The van der Waals surface area contributed by atoms with Gasteiger partial charge in [-0.15, -0.1) is 0 Å². The smallest absolute Gasteiger partial charge is 0.374 e. The summed E-state index contributed by atoms with van der Waals surface area (Å²) in [6.07, 6.45) is 0.761. The second-order valence-corrected chi connectivity index (χ2v) is 5.37. The van der Waals surface area contributed by atoms with Crippen molar-refractivity contribution in [3.8, 4) is 0 Å². The standard InChI is InChI=1S/C15H19N3O3/c1-9(2)7-10(8-19)16-13-11-5-3-4-6-12(11)17-14(18-13)15(20)21/h3-6,9-10,19H,7-8H2,1-2H3,(H,20,21)(H,16,17,18). The minimum Gasteiger partial charge on any atom is -0.475 e. The van der Waals surface area contributed by atoms with Crippen molar-refractivity contribution in [2.45, 2.75) is 26.3 Å². The molecule has 0 radical (unpaired) electrons. The topological polar surface area (TPSA) is 95.3 Å². The summed E-state index contributed by atoms with van der Waals surface area (Å²) >= 11 is 0. The number of aliphatic hydroxyl groups is 1. The van der Waals surface area contributed by atoms with Gasteiger partial charge in [0.2, 0.25) is 5.82 Å². The van der Waals surface area contributed by atoms with Crippen molar-refractivity contribution >= 4 is 22.7 Å². The number of carbonyl (C=O) groups is 1. The number of carboxylic acid groups (broad SMARTS) is 1. The van der Waals surface area contributed by atoms with Gasteiger partial charge in [0, 0.05) is 5.39 Å². The van der Waals surface area contributed by atoms with Crippen LogP contribution in [0.25, 0.3) is 10.9 Å². The predicted octanol–water partition coefficient (Wildman–Crippen LogP) is 2.15. The van der Waals surface area contributed by atoms with Crippen LogP contribution in [0, 0.1) is 5.92 Å². The summed E-state index contributed by atoms with van der Waals surface area (Å²) < 4.78 is 0. The summed E-state index contributed by atoms with van der Waals surface area (Å²) in [5, 5.41) is 22.4. The predicted molar refractivity (Wildman–Crippen MR) is 80.4 cm³/mol. The summed E-state index contributed by atoms with van der Waals surface area (Å²) in [4.78, 5) is 19.2. The molecule has 21 heavy (non-hydrogen) atoms. The summed E-state index contributed by atoms with van der Waals surface area (Å²) in [6, 6.07) is 7.03. The normalized spacial score (nSPS) is 12.6. The number of fused-ring (bicyclic) bond motifs is 1. The zero-order valence-electron chi connectivity index (χ0n) is 12.1. The second kappa shape index (κ2) is 6.49. The van der Waals surface area contributed by atoms with Crippen molar-refractivity contribution in [2.75, 3.05) is 11.9 Å². The van der Waals surface area contributed by atoms with Crippen molar-refractivity contribution in [3.63, 3.8) is 0 Å². The van der Waals surface area contributed by atoms with Gasteiger partial charge in [-0.3, -0.25) is 0 Å². The van der Waals surface area contributed by atoms with Gasteiger partial charge in [-0.1, -0.05) is 26.0 Å². The van der Waals surface area contributed by atoms with E-state index in [1.165, 1.54) is 0 Å². The van der Waals surface area contributed by atoms with E-state index in [2.05, 4.69) is 29.1 Å². The maximum Gasteiger partial charge on any atom is 0.374 e. The van der Waals surface area contributed by atoms with Crippen molar-refractivity contribution in [2.24, 2.45) is 5.92 Å². The molecular weight excluding hydrogens is 270 g/mol. The van der Waals surface area contributed by atoms with Crippen molar-refractivity contribution in [1.29, 1.82) is 0 Å². The third-order valence-corrected chi connectivity index (χ3v) is 3.11. The average molecular weight is 289 g/mol. The lowest BCUT2D eigenvalue weighted by Gasteiger charge is -2.20. The summed E-state index contributed by atoms with van der Waals surface area (Å²) in [5.41, 5.74) is 0.564. The van der Waals surface area contributed by atoms with Gasteiger partial charge in [-0.2, -0.15) is 0 Å². The molecule has 0 fully saturated rings. The molecule has 6 heteroatoms. The monoisotopic (exact) mass is 289 g/mol. The molecule has 1 unspecified atom stereocenters. The zero-order chi connectivity index (χ0) is 15.4. The van der Waals surface area contributed by atoms with E-state index in [0.717, 1.165) is 11.8 Å². The fraction of sp³-hybridized carbons (Fsp3) is 0.400. The van der Waals surface area contributed by atoms with Gasteiger partial charge >= 0.3 is 5.97 Å². The molecule has 0 aliphatic rings. The SMILES string of the molecule is CC(C)CC(CO)Nc1nc(C(=O)O)nc2ccccc12. The average Bonchev–Trinajstić information content (AvgIpc) is 2.45. The number of hydrogen-bond donors (Lipinski definition) is 3. The van der Waals surface area contributed by atoms with Gasteiger partial charge in [0.1, 0.15) is 5.82 Å². The molecule has 6 nitrogen and oxygen atoms in total. The lowest BCUT2D eigenvalue weighted by atomic mass is 10.0. The molecule has 0 saturated carbocycles. The minimum absolute atomic E-state index is 0.0427. The number of para-hydroxylation sites is 1. The van der Waals surface area contributed by atoms with Gasteiger partial charge in [0.25, 0.3) is 0 Å². The molecule has 2 aromatic rings. The molecule has 1 aromatic heterocycles. The van der Waals surface area contributed by atoms with Crippen LogP contribution in [0.15, 0.2) is 24.3 Å². The number of aliphatic hydroxyl groups excluding tert-OH is 1. The van der Waals surface area contributed by atoms with Gasteiger partial charge in [0.15, 0.2) is 0 Å². The van der Waals surface area contributed by atoms with Crippen LogP contribution in [0.4, 0.5) is 5.82 Å². The number of carboxylic acids is 1. The van der Waals surface area contributed by atoms with E-state index in [4.69, 9.17) is 5.11 Å². The quantitative estimate of drug-likeness (QED) is 0.754. The third-order valence-electron chi connectivity index (χ3n) is 3.11. The Bertz CT molecular complexity index is 643. The lowest BCUT2D eigenvalue weighted by Crippen LogP contribution is -2.26. The van der Waals surface area contributed by atoms with E-state index in [-0.39, 0.29) is 18.5 Å². The first-order valence-corrected chi connectivity index (χ1v) is 6.88. The molecule has 2 rings (SSSR count). The summed E-state index contributed by atoms with van der Waals surface area (Å²) in [7, 11) is 0. The van der Waals surface area contributed by atoms with Crippen LogP contribution in [0.3, 0.4) is 0 Å². The number of nitrogens with zero attached hydrogens (tertiary/aromatic N) is 2. The van der Waals surface area contributed by atoms with E-state index < -0.39 is 5.97 Å². The highest BCUT2D eigenvalue weighted by atomic mass is 16.4. The van der Waals surface area contributed by atoms with Crippen molar-refractivity contribution < 1.29 is 15.0 Å². The Morgan fingerprint density at radius 3 is 2.62 bits per heavy atom. The molecule has 0 bridgehead atoms. The Balaban J connectivity index is 2.43. The van der Waals surface area contributed by atoms with E-state index in [1.54, 1.807) is 12.1 Å². The van der Waals surface area contributed by atoms with Gasteiger partial charge in [0.05, 0.1) is 18.2 Å². The fourth-order valence-corrected chi connectivity index (χ4v) is 2.22. The van der Waals surface area contributed by atoms with Gasteiger partial charge in [-0.25, -0.2) is 14.8 Å². The molecule has 1 atom stereocenters. The molecule has 1 heterocycles. The first kappa shape index (κ1) is 15.2. The lowest BCUT2D eigenvalue weighted by molar-refractivity contribution is 0.0684. The number of nitrogens with one attached hydrogen (secondary N) is 1. The van der Waals surface area contributed by atoms with Crippen LogP contribution in [-0.4, -0.2) is 38.8 Å². The van der Waals surface area contributed by atoms with Crippen LogP contribution in [0.2, 0.25) is 0 Å². The number of aromatic nitrogens is 2. The van der Waals surface area contributed by atoms with Crippen molar-refractivity contribution in [1.82, 2.24) is 9.97 Å². The Kier molecular flexibility index (Phi) is 4.70. The largest absolute Gasteiger partial charge is 0.475 e. The van der Waals surface area contributed by atoms with E-state index in [9.17, 15) is 9.90 Å². The van der Waals surface area contributed by atoms with E-state index >= 15 is 0 Å². The second-order valence-electron chi connectivity index (χ2n) is 5.37. The number of aromatic carboxylic acids is 1. The molecule has 0 saturated heterocycles. The first-order valence-electron chi connectivity index (χ1n) is 6.88. The maximum absolute atomic E-state index is 11.1. The summed E-state index contributed by atoms with van der Waals surface area (Å²) in [6.45, 7) is 4.08. The molecule has 0 amide bonds.